The predicted molar refractivity (Wildman–Crippen MR) is 91.0 cm³/mol. The van der Waals surface area contributed by atoms with E-state index in [1.54, 1.807) is 20.0 Å². The number of ether oxygens (including phenoxy) is 2. The van der Waals surface area contributed by atoms with Gasteiger partial charge in [-0.15, -0.1) is 0 Å². The van der Waals surface area contributed by atoms with Gasteiger partial charge in [-0.05, 0) is 32.2 Å². The van der Waals surface area contributed by atoms with Gasteiger partial charge in [0.05, 0.1) is 30.6 Å². The smallest absolute Gasteiger partial charge is 0.414 e. The van der Waals surface area contributed by atoms with Gasteiger partial charge in [0.15, 0.2) is 5.82 Å². The number of halogens is 1. The molecule has 9 heteroatoms. The summed E-state index contributed by atoms with van der Waals surface area (Å²) in [5.41, 5.74) is 0.782. The lowest BCUT2D eigenvalue weighted by Gasteiger charge is -2.14. The minimum atomic E-state index is -0.578. The van der Waals surface area contributed by atoms with Crippen molar-refractivity contribution in [3.63, 3.8) is 0 Å². The first kappa shape index (κ1) is 17.9. The van der Waals surface area contributed by atoms with Crippen LogP contribution < -0.4 is 10.2 Å². The van der Waals surface area contributed by atoms with Gasteiger partial charge < -0.3 is 14.8 Å². The van der Waals surface area contributed by atoms with Gasteiger partial charge in [-0.3, -0.25) is 4.90 Å². The average molecular weight is 362 g/mol. The summed E-state index contributed by atoms with van der Waals surface area (Å²) >= 11 is 0. The van der Waals surface area contributed by atoms with Crippen LogP contribution in [0.5, 0.6) is 0 Å². The van der Waals surface area contributed by atoms with Crippen LogP contribution in [-0.4, -0.2) is 54.7 Å². The topological polar surface area (TPSA) is 85.7 Å². The van der Waals surface area contributed by atoms with Crippen molar-refractivity contribution in [2.75, 3.05) is 31.6 Å². The fourth-order valence-corrected chi connectivity index (χ4v) is 2.69. The average Bonchev–Trinajstić information content (AvgIpc) is 3.22. The van der Waals surface area contributed by atoms with E-state index < -0.39 is 17.9 Å². The van der Waals surface area contributed by atoms with Gasteiger partial charge in [-0.2, -0.15) is 5.10 Å². The van der Waals surface area contributed by atoms with Crippen LogP contribution in [0.3, 0.4) is 0 Å². The maximum atomic E-state index is 14.6. The van der Waals surface area contributed by atoms with Crippen molar-refractivity contribution in [1.29, 1.82) is 0 Å². The number of carbonyl (C=O) groups is 2. The number of aromatic nitrogens is 2. The normalized spacial score (nSPS) is 16.7. The summed E-state index contributed by atoms with van der Waals surface area (Å²) in [5, 5.41) is 6.93. The highest BCUT2D eigenvalue weighted by atomic mass is 19.1. The van der Waals surface area contributed by atoms with Crippen LogP contribution in [0.1, 0.15) is 17.3 Å². The molecule has 1 saturated heterocycles. The number of rotatable bonds is 6. The molecule has 8 nitrogen and oxygen atoms in total. The number of anilines is 1. The summed E-state index contributed by atoms with van der Waals surface area (Å²) < 4.78 is 25.9. The Morgan fingerprint density at radius 3 is 3.00 bits per heavy atom. The number of amides is 1. The Morgan fingerprint density at radius 2 is 2.31 bits per heavy atom. The Morgan fingerprint density at radius 1 is 1.50 bits per heavy atom. The zero-order chi connectivity index (χ0) is 18.7. The summed E-state index contributed by atoms with van der Waals surface area (Å²) in [6.07, 6.45) is 1.91. The number of cyclic esters (lactones) is 1. The third-order valence-corrected chi connectivity index (χ3v) is 3.89. The van der Waals surface area contributed by atoms with E-state index in [2.05, 4.69) is 10.4 Å². The quantitative estimate of drug-likeness (QED) is 0.788. The van der Waals surface area contributed by atoms with Crippen molar-refractivity contribution in [2.24, 2.45) is 0 Å². The van der Waals surface area contributed by atoms with E-state index in [9.17, 15) is 14.0 Å². The molecule has 0 saturated carbocycles. The monoisotopic (exact) mass is 362 g/mol. The Hall–Kier alpha value is -2.94. The van der Waals surface area contributed by atoms with Crippen LogP contribution in [0.25, 0.3) is 5.69 Å². The predicted octanol–water partition coefficient (Wildman–Crippen LogP) is 1.73. The third kappa shape index (κ3) is 3.52. The fraction of sp³-hybridized carbons (Fsp3) is 0.353. The van der Waals surface area contributed by atoms with Crippen LogP contribution in [0.4, 0.5) is 14.9 Å². The summed E-state index contributed by atoms with van der Waals surface area (Å²) in [6, 6.07) is 4.34. The SMILES string of the molecule is CCOC(=O)c1cnn(-c2ccc(N3CC(CNC)OC3=O)cc2F)c1. The molecule has 3 rings (SSSR count). The molecule has 1 aromatic heterocycles. The van der Waals surface area contributed by atoms with Gasteiger partial charge in [0.2, 0.25) is 0 Å². The fourth-order valence-electron chi connectivity index (χ4n) is 2.69. The summed E-state index contributed by atoms with van der Waals surface area (Å²) in [6.45, 7) is 2.80. The molecule has 0 aliphatic carbocycles. The minimum absolute atomic E-state index is 0.156. The molecule has 2 heterocycles. The number of hydrogen-bond acceptors (Lipinski definition) is 6. The van der Waals surface area contributed by atoms with Gasteiger partial charge in [0.1, 0.15) is 11.8 Å². The second-order valence-electron chi connectivity index (χ2n) is 5.70. The third-order valence-electron chi connectivity index (χ3n) is 3.89. The van der Waals surface area contributed by atoms with E-state index in [0.717, 1.165) is 0 Å². The molecule has 1 amide bonds. The number of nitrogens with one attached hydrogen (secondary N) is 1. The molecule has 1 aliphatic heterocycles. The Bertz CT molecular complexity index is 823. The lowest BCUT2D eigenvalue weighted by molar-refractivity contribution is 0.0526. The highest BCUT2D eigenvalue weighted by molar-refractivity contribution is 5.90. The molecule has 1 N–H and O–H groups in total. The summed E-state index contributed by atoms with van der Waals surface area (Å²) in [7, 11) is 1.76. The zero-order valence-electron chi connectivity index (χ0n) is 14.4. The van der Waals surface area contributed by atoms with Crippen molar-refractivity contribution in [3.05, 3.63) is 42.0 Å². The molecule has 1 aliphatic rings. The van der Waals surface area contributed by atoms with Crippen LogP contribution in [-0.2, 0) is 9.47 Å². The van der Waals surface area contributed by atoms with Crippen molar-refractivity contribution >= 4 is 17.7 Å². The van der Waals surface area contributed by atoms with Crippen molar-refractivity contribution in [3.8, 4) is 5.69 Å². The van der Waals surface area contributed by atoms with Crippen molar-refractivity contribution in [2.45, 2.75) is 13.0 Å². The van der Waals surface area contributed by atoms with Crippen LogP contribution >= 0.6 is 0 Å². The molecule has 0 bridgehead atoms. The molecule has 1 fully saturated rings. The Balaban J connectivity index is 1.80. The number of likely N-dealkylation sites (N-methyl/N-ethyl adjacent to an activating group) is 1. The van der Waals surface area contributed by atoms with Crippen molar-refractivity contribution in [1.82, 2.24) is 15.1 Å². The lowest BCUT2D eigenvalue weighted by atomic mass is 10.2. The molecule has 0 spiro atoms. The molecule has 1 aromatic carbocycles. The van der Waals surface area contributed by atoms with Gasteiger partial charge in [-0.1, -0.05) is 0 Å². The maximum absolute atomic E-state index is 14.6. The lowest BCUT2D eigenvalue weighted by Crippen LogP contribution is -2.29. The van der Waals surface area contributed by atoms with E-state index >= 15 is 0 Å². The number of carbonyl (C=O) groups excluding carboxylic acids is 2. The van der Waals surface area contributed by atoms with Gasteiger partial charge in [-0.25, -0.2) is 18.7 Å². The van der Waals surface area contributed by atoms with Gasteiger partial charge in [0.25, 0.3) is 0 Å². The summed E-state index contributed by atoms with van der Waals surface area (Å²) in [4.78, 5) is 25.0. The Kier molecular flexibility index (Phi) is 5.17. The van der Waals surface area contributed by atoms with Gasteiger partial charge >= 0.3 is 12.1 Å². The second-order valence-corrected chi connectivity index (χ2v) is 5.70. The molecule has 0 radical (unpaired) electrons. The van der Waals surface area contributed by atoms with E-state index in [0.29, 0.717) is 18.8 Å². The largest absolute Gasteiger partial charge is 0.462 e. The molecule has 1 atom stereocenters. The Labute approximate surface area is 149 Å². The highest BCUT2D eigenvalue weighted by Gasteiger charge is 2.32. The minimum Gasteiger partial charge on any atom is -0.462 e. The van der Waals surface area contributed by atoms with E-state index in [1.165, 1.54) is 34.1 Å². The number of nitrogens with zero attached hydrogens (tertiary/aromatic N) is 3. The van der Waals surface area contributed by atoms with E-state index in [-0.39, 0.29) is 24.0 Å². The van der Waals surface area contributed by atoms with E-state index in [4.69, 9.17) is 9.47 Å². The first-order chi connectivity index (χ1) is 12.5. The summed E-state index contributed by atoms with van der Waals surface area (Å²) in [5.74, 6) is -1.10. The number of esters is 1. The zero-order valence-corrected chi connectivity index (χ0v) is 14.4. The van der Waals surface area contributed by atoms with Crippen LogP contribution in [0, 0.1) is 5.82 Å². The number of hydrogen-bond donors (Lipinski definition) is 1. The van der Waals surface area contributed by atoms with Crippen molar-refractivity contribution < 1.29 is 23.5 Å². The highest BCUT2D eigenvalue weighted by Crippen LogP contribution is 2.25. The molecule has 1 unspecified atom stereocenters. The van der Waals surface area contributed by atoms with Crippen LogP contribution in [0.2, 0.25) is 0 Å². The molecule has 26 heavy (non-hydrogen) atoms. The van der Waals surface area contributed by atoms with E-state index in [1.807, 2.05) is 0 Å². The second kappa shape index (κ2) is 7.52. The number of benzene rings is 1. The van der Waals surface area contributed by atoms with Gasteiger partial charge in [0, 0.05) is 12.7 Å². The molecule has 2 aromatic rings. The molecular weight excluding hydrogens is 343 g/mol. The standard InChI is InChI=1S/C17H19FN4O4/c1-3-25-16(23)11-7-20-22(9-11)15-5-4-12(6-14(15)18)21-10-13(8-19-2)26-17(21)24/h4-7,9,13,19H,3,8,10H2,1-2H3. The first-order valence-electron chi connectivity index (χ1n) is 8.18. The first-order valence-corrected chi connectivity index (χ1v) is 8.18. The molecular formula is C17H19FN4O4. The van der Waals surface area contributed by atoms with Crippen LogP contribution in [0.15, 0.2) is 30.6 Å². The maximum Gasteiger partial charge on any atom is 0.414 e. The molecule has 138 valence electrons.